The third-order valence-corrected chi connectivity index (χ3v) is 9.67. The predicted molar refractivity (Wildman–Crippen MR) is 101 cm³/mol. The van der Waals surface area contributed by atoms with Crippen molar-refractivity contribution in [1.82, 2.24) is 0 Å². The smallest absolute Gasteiger partial charge is 0.305 e. The van der Waals surface area contributed by atoms with Crippen LogP contribution in [-0.2, 0) is 23.5 Å². The van der Waals surface area contributed by atoms with Crippen LogP contribution in [0.1, 0.15) is 48.0 Å². The molecule has 0 saturated heterocycles. The molecule has 0 N–H and O–H groups in total. The molecule has 0 amide bonds. The van der Waals surface area contributed by atoms with Gasteiger partial charge in [-0.15, -0.1) is 0 Å². The number of ketones is 1. The fourth-order valence-electron chi connectivity index (χ4n) is 3.35. The molecule has 1 rings (SSSR count). The molecule has 0 spiro atoms. The first-order chi connectivity index (χ1) is 11.6. The van der Waals surface area contributed by atoms with Gasteiger partial charge >= 0.3 is 5.97 Å². The number of carbonyl (C=O) groups excluding carboxylic acids is 2. The Hall–Kier alpha value is -1.24. The van der Waals surface area contributed by atoms with E-state index in [2.05, 4.69) is 34.6 Å². The highest BCUT2D eigenvalue weighted by Gasteiger charge is 2.42. The van der Waals surface area contributed by atoms with E-state index in [1.165, 1.54) is 20.1 Å². The average Bonchev–Trinajstić information content (AvgIpc) is 2.55. The van der Waals surface area contributed by atoms with Crippen molar-refractivity contribution in [2.24, 2.45) is 0 Å². The number of hydrogen-bond acceptors (Lipinski definition) is 5. The molecular formula is C19H32O5Si. The Labute approximate surface area is 152 Å². The molecule has 0 aliphatic heterocycles. The summed E-state index contributed by atoms with van der Waals surface area (Å²) in [5, 5.41) is 0. The maximum absolute atomic E-state index is 12.2. The third kappa shape index (κ3) is 5.36. The lowest BCUT2D eigenvalue weighted by molar-refractivity contribution is -0.199. The highest BCUT2D eigenvalue weighted by molar-refractivity contribution is 6.73. The minimum absolute atomic E-state index is 0.374. The first kappa shape index (κ1) is 21.8. The highest BCUT2D eigenvalue weighted by atomic mass is 28.4. The summed E-state index contributed by atoms with van der Waals surface area (Å²) in [4.78, 5) is 23.6. The van der Waals surface area contributed by atoms with E-state index in [9.17, 15) is 9.59 Å². The molecular weight excluding hydrogens is 336 g/mol. The zero-order valence-electron chi connectivity index (χ0n) is 16.6. The molecule has 5 nitrogen and oxygen atoms in total. The Morgan fingerprint density at radius 1 is 1.16 bits per heavy atom. The lowest BCUT2D eigenvalue weighted by Gasteiger charge is -2.39. The summed E-state index contributed by atoms with van der Waals surface area (Å²) in [6.45, 7) is 12.0. The molecule has 0 aromatic heterocycles. The second-order valence-corrected chi connectivity index (χ2v) is 11.9. The van der Waals surface area contributed by atoms with Gasteiger partial charge in [0.15, 0.2) is 8.32 Å². The van der Waals surface area contributed by atoms with Gasteiger partial charge in [-0.1, -0.05) is 26.8 Å². The summed E-state index contributed by atoms with van der Waals surface area (Å²) in [5.41, 5.74) is 0.486. The summed E-state index contributed by atoms with van der Waals surface area (Å²) in [5.74, 6) is -2.63. The van der Waals surface area contributed by atoms with Crippen LogP contribution in [0.4, 0.5) is 0 Å². The minimum Gasteiger partial charge on any atom is -0.421 e. The molecule has 1 atom stereocenters. The molecule has 0 aromatic carbocycles. The SMILES string of the molecule is CC[Si](CC)(CC)OC(C)(C)CC1=CC(OC)(OC(C)=O)C(=O)C=C1. The molecule has 1 aliphatic carbocycles. The van der Waals surface area contributed by atoms with E-state index >= 15 is 0 Å². The van der Waals surface area contributed by atoms with Gasteiger partial charge in [0.05, 0.1) is 5.60 Å². The minimum atomic E-state index is -1.76. The average molecular weight is 369 g/mol. The lowest BCUT2D eigenvalue weighted by atomic mass is 9.92. The predicted octanol–water partition coefficient (Wildman–Crippen LogP) is 4.15. The van der Waals surface area contributed by atoms with Crippen molar-refractivity contribution >= 4 is 20.1 Å². The second-order valence-electron chi connectivity index (χ2n) is 7.16. The summed E-state index contributed by atoms with van der Waals surface area (Å²) in [7, 11) is -0.396. The molecule has 0 heterocycles. The van der Waals surface area contributed by atoms with Crippen molar-refractivity contribution in [2.45, 2.75) is 77.5 Å². The van der Waals surface area contributed by atoms with Crippen molar-refractivity contribution < 1.29 is 23.5 Å². The normalized spacial score (nSPS) is 21.2. The molecule has 6 heteroatoms. The van der Waals surface area contributed by atoms with E-state index < -0.39 is 25.9 Å². The summed E-state index contributed by atoms with van der Waals surface area (Å²) >= 11 is 0. The Kier molecular flexibility index (Phi) is 7.35. The first-order valence-electron chi connectivity index (χ1n) is 8.96. The molecule has 0 aromatic rings. The van der Waals surface area contributed by atoms with Crippen LogP contribution in [-0.4, -0.2) is 38.6 Å². The summed E-state index contributed by atoms with van der Waals surface area (Å²) in [6.07, 6.45) is 5.36. The Morgan fingerprint density at radius 3 is 2.16 bits per heavy atom. The zero-order chi connectivity index (χ0) is 19.3. The van der Waals surface area contributed by atoms with Crippen LogP contribution >= 0.6 is 0 Å². The van der Waals surface area contributed by atoms with E-state index in [-0.39, 0.29) is 5.60 Å². The quantitative estimate of drug-likeness (QED) is 0.348. The van der Waals surface area contributed by atoms with Crippen molar-refractivity contribution in [3.63, 3.8) is 0 Å². The first-order valence-corrected chi connectivity index (χ1v) is 11.5. The van der Waals surface area contributed by atoms with Crippen LogP contribution in [0, 0.1) is 0 Å². The zero-order valence-corrected chi connectivity index (χ0v) is 17.6. The lowest BCUT2D eigenvalue weighted by Crippen LogP contribution is -2.46. The maximum Gasteiger partial charge on any atom is 0.305 e. The summed E-state index contributed by atoms with van der Waals surface area (Å²) < 4.78 is 17.1. The Morgan fingerprint density at radius 2 is 1.72 bits per heavy atom. The van der Waals surface area contributed by atoms with Gasteiger partial charge in [-0.25, -0.2) is 0 Å². The number of hydrogen-bond donors (Lipinski definition) is 0. The molecule has 0 bridgehead atoms. The van der Waals surface area contributed by atoms with Gasteiger partial charge in [-0.3, -0.25) is 9.59 Å². The van der Waals surface area contributed by atoms with E-state index in [1.807, 2.05) is 0 Å². The molecule has 0 fully saturated rings. The number of rotatable bonds is 9. The van der Waals surface area contributed by atoms with Gasteiger partial charge in [0.1, 0.15) is 0 Å². The van der Waals surface area contributed by atoms with Crippen LogP contribution in [0.3, 0.4) is 0 Å². The van der Waals surface area contributed by atoms with E-state index in [0.717, 1.165) is 23.7 Å². The van der Waals surface area contributed by atoms with Crippen molar-refractivity contribution in [1.29, 1.82) is 0 Å². The number of methoxy groups -OCH3 is 1. The summed E-state index contributed by atoms with van der Waals surface area (Å²) in [6, 6.07) is 3.23. The van der Waals surface area contributed by atoms with Gasteiger partial charge in [-0.05, 0) is 56.1 Å². The molecule has 142 valence electrons. The largest absolute Gasteiger partial charge is 0.421 e. The molecule has 1 aliphatic rings. The van der Waals surface area contributed by atoms with Gasteiger partial charge in [0.25, 0.3) is 5.79 Å². The second kappa shape index (κ2) is 8.43. The standard InChI is InChI=1S/C19H32O5Si/c1-8-25(9-2,10-3)24-18(5,6)13-16-11-12-17(21)19(14-16,22-7)23-15(4)20/h11-12,14H,8-10,13H2,1-7H3. The Balaban J connectivity index is 3.05. The van der Waals surface area contributed by atoms with Crippen LogP contribution in [0.5, 0.6) is 0 Å². The van der Waals surface area contributed by atoms with Crippen molar-refractivity contribution in [3.05, 3.63) is 23.8 Å². The number of carbonyl (C=O) groups is 2. The fraction of sp³-hybridized carbons (Fsp3) is 0.684. The van der Waals surface area contributed by atoms with Crippen LogP contribution in [0.2, 0.25) is 18.1 Å². The van der Waals surface area contributed by atoms with E-state index in [4.69, 9.17) is 13.9 Å². The highest BCUT2D eigenvalue weighted by Crippen LogP contribution is 2.34. The van der Waals surface area contributed by atoms with E-state index in [0.29, 0.717) is 6.42 Å². The number of ether oxygens (including phenoxy) is 2. The molecule has 0 radical (unpaired) electrons. The van der Waals surface area contributed by atoms with Crippen molar-refractivity contribution in [3.8, 4) is 0 Å². The Bertz CT molecular complexity index is 552. The van der Waals surface area contributed by atoms with Gasteiger partial charge in [0, 0.05) is 14.0 Å². The molecule has 25 heavy (non-hydrogen) atoms. The van der Waals surface area contributed by atoms with Gasteiger partial charge in [-0.2, -0.15) is 0 Å². The van der Waals surface area contributed by atoms with Crippen LogP contribution < -0.4 is 0 Å². The van der Waals surface area contributed by atoms with Gasteiger partial charge in [0.2, 0.25) is 5.78 Å². The van der Waals surface area contributed by atoms with E-state index in [1.54, 1.807) is 12.2 Å². The number of esters is 1. The topological polar surface area (TPSA) is 61.8 Å². The van der Waals surface area contributed by atoms with Crippen LogP contribution in [0.25, 0.3) is 0 Å². The maximum atomic E-state index is 12.2. The number of allylic oxidation sites excluding steroid dienone is 1. The van der Waals surface area contributed by atoms with Gasteiger partial charge < -0.3 is 13.9 Å². The van der Waals surface area contributed by atoms with Crippen LogP contribution in [0.15, 0.2) is 23.8 Å². The fourth-order valence-corrected chi connectivity index (χ4v) is 6.52. The molecule has 1 unspecified atom stereocenters. The third-order valence-electron chi connectivity index (χ3n) is 4.82. The van der Waals surface area contributed by atoms with Crippen molar-refractivity contribution in [2.75, 3.05) is 7.11 Å². The molecule has 0 saturated carbocycles. The monoisotopic (exact) mass is 368 g/mol.